The molecule has 0 saturated heterocycles. The number of aromatic nitrogens is 2. The molecule has 182 valence electrons. The van der Waals surface area contributed by atoms with Crippen molar-refractivity contribution in [2.75, 3.05) is 0 Å². The second-order valence-corrected chi connectivity index (χ2v) is 11.2. The fraction of sp³-hybridized carbons (Fsp3) is 0. The normalized spacial score (nSPS) is 12.1. The van der Waals surface area contributed by atoms with Gasteiger partial charge in [-0.1, -0.05) is 91.0 Å². The average molecular weight is 515 g/mol. The first-order valence-corrected chi connectivity index (χ1v) is 14.1. The highest BCUT2D eigenvalue weighted by molar-refractivity contribution is 7.27. The van der Waals surface area contributed by atoms with Crippen molar-refractivity contribution in [2.45, 2.75) is 0 Å². The third-order valence-corrected chi connectivity index (χ3v) is 9.26. The van der Waals surface area contributed by atoms with E-state index in [4.69, 9.17) is 0 Å². The summed E-state index contributed by atoms with van der Waals surface area (Å²) in [7, 11) is 0. The van der Waals surface area contributed by atoms with Gasteiger partial charge in [0.1, 0.15) is 0 Å². The Labute approximate surface area is 228 Å². The highest BCUT2D eigenvalue weighted by Gasteiger charge is 2.23. The number of hydrogen-bond donors (Lipinski definition) is 0. The molecule has 0 atom stereocenters. The Kier molecular flexibility index (Phi) is 4.24. The molecular weight excluding hydrogens is 492 g/mol. The molecule has 0 aliphatic heterocycles. The molecule has 0 radical (unpaired) electrons. The first-order chi connectivity index (χ1) is 19.4. The molecule has 0 unspecified atom stereocenters. The SMILES string of the molecule is c1ccc(-n2c3ccccc3c3sc4ccc5c6ccccc6n(-c6ccc7ccccc7c6)c5c4c32)cc1. The second-order valence-electron chi connectivity index (χ2n) is 10.2. The molecule has 0 fully saturated rings. The van der Waals surface area contributed by atoms with Crippen LogP contribution in [0.2, 0.25) is 0 Å². The largest absolute Gasteiger partial charge is 0.308 e. The summed E-state index contributed by atoms with van der Waals surface area (Å²) in [4.78, 5) is 0. The molecule has 6 aromatic carbocycles. The monoisotopic (exact) mass is 514 g/mol. The molecule has 9 aromatic rings. The molecule has 0 spiro atoms. The van der Waals surface area contributed by atoms with Gasteiger partial charge in [0.05, 0.1) is 26.8 Å². The summed E-state index contributed by atoms with van der Waals surface area (Å²) in [5, 5.41) is 7.70. The standard InChI is InChI=1S/C36H22N2S/c1-2-12-25(13-3-1)37-31-17-9-7-15-29(31)36-35(37)33-32(39-36)21-20-28-27-14-6-8-16-30(27)38(34(28)33)26-19-18-23-10-4-5-11-24(23)22-26/h1-22H. The predicted octanol–water partition coefficient (Wildman–Crippen LogP) is 10.2. The van der Waals surface area contributed by atoms with Gasteiger partial charge in [-0.3, -0.25) is 0 Å². The Bertz CT molecular complexity index is 2390. The third kappa shape index (κ3) is 2.85. The smallest absolute Gasteiger partial charge is 0.0749 e. The van der Waals surface area contributed by atoms with Crippen molar-refractivity contribution in [1.82, 2.24) is 9.13 Å². The molecule has 0 bridgehead atoms. The van der Waals surface area contributed by atoms with E-state index >= 15 is 0 Å². The Morgan fingerprint density at radius 1 is 0.436 bits per heavy atom. The maximum atomic E-state index is 2.48. The molecule has 0 N–H and O–H groups in total. The molecule has 0 aliphatic carbocycles. The van der Waals surface area contributed by atoms with Gasteiger partial charge >= 0.3 is 0 Å². The lowest BCUT2D eigenvalue weighted by Gasteiger charge is -2.12. The van der Waals surface area contributed by atoms with E-state index in [-0.39, 0.29) is 0 Å². The lowest BCUT2D eigenvalue weighted by Crippen LogP contribution is -1.96. The van der Waals surface area contributed by atoms with E-state index < -0.39 is 0 Å². The van der Waals surface area contributed by atoms with Crippen LogP contribution < -0.4 is 0 Å². The zero-order chi connectivity index (χ0) is 25.5. The fourth-order valence-corrected chi connectivity index (χ4v) is 7.66. The Hall–Kier alpha value is -4.86. The lowest BCUT2D eigenvalue weighted by atomic mass is 10.1. The molecule has 39 heavy (non-hydrogen) atoms. The van der Waals surface area contributed by atoms with Gasteiger partial charge < -0.3 is 9.13 Å². The van der Waals surface area contributed by atoms with Crippen LogP contribution in [-0.2, 0) is 0 Å². The van der Waals surface area contributed by atoms with E-state index in [1.54, 1.807) is 0 Å². The number of nitrogens with zero attached hydrogens (tertiary/aromatic N) is 2. The van der Waals surface area contributed by atoms with Crippen molar-refractivity contribution in [3.8, 4) is 11.4 Å². The van der Waals surface area contributed by atoms with Gasteiger partial charge in [0.15, 0.2) is 0 Å². The van der Waals surface area contributed by atoms with Crippen molar-refractivity contribution in [3.05, 3.63) is 133 Å². The fourth-order valence-electron chi connectivity index (χ4n) is 6.43. The Balaban J connectivity index is 1.54. The van der Waals surface area contributed by atoms with E-state index in [1.807, 2.05) is 11.3 Å². The van der Waals surface area contributed by atoms with Crippen LogP contribution in [0.3, 0.4) is 0 Å². The van der Waals surface area contributed by atoms with Crippen LogP contribution in [0.25, 0.3) is 75.2 Å². The molecule has 3 heterocycles. The van der Waals surface area contributed by atoms with Gasteiger partial charge in [-0.05, 0) is 53.2 Å². The van der Waals surface area contributed by atoms with Crippen LogP contribution in [0.5, 0.6) is 0 Å². The summed E-state index contributed by atoms with van der Waals surface area (Å²) >= 11 is 1.90. The summed E-state index contributed by atoms with van der Waals surface area (Å²) in [5.74, 6) is 0. The quantitative estimate of drug-likeness (QED) is 0.217. The molecule has 0 amide bonds. The van der Waals surface area contributed by atoms with Crippen LogP contribution in [-0.4, -0.2) is 9.13 Å². The van der Waals surface area contributed by atoms with Crippen molar-refractivity contribution in [3.63, 3.8) is 0 Å². The molecular formula is C36H22N2S. The van der Waals surface area contributed by atoms with Crippen molar-refractivity contribution in [2.24, 2.45) is 0 Å². The number of fused-ring (bicyclic) bond motifs is 10. The second kappa shape index (κ2) is 7.83. The van der Waals surface area contributed by atoms with E-state index in [9.17, 15) is 0 Å². The topological polar surface area (TPSA) is 9.86 Å². The maximum absolute atomic E-state index is 2.48. The van der Waals surface area contributed by atoms with Crippen LogP contribution in [0, 0.1) is 0 Å². The molecule has 9 rings (SSSR count). The number of para-hydroxylation sites is 3. The number of rotatable bonds is 2. The number of thiophene rings is 1. The minimum atomic E-state index is 1.19. The van der Waals surface area contributed by atoms with Crippen LogP contribution in [0.1, 0.15) is 0 Å². The summed E-state index contributed by atoms with van der Waals surface area (Å²) in [6, 6.07) is 48.5. The van der Waals surface area contributed by atoms with Gasteiger partial charge in [0.25, 0.3) is 0 Å². The Morgan fingerprint density at radius 3 is 1.95 bits per heavy atom. The summed E-state index contributed by atoms with van der Waals surface area (Å²) in [6.07, 6.45) is 0. The number of benzene rings is 6. The Morgan fingerprint density at radius 2 is 1.10 bits per heavy atom. The maximum Gasteiger partial charge on any atom is 0.0749 e. The van der Waals surface area contributed by atoms with Crippen LogP contribution >= 0.6 is 11.3 Å². The van der Waals surface area contributed by atoms with Gasteiger partial charge in [-0.2, -0.15) is 0 Å². The number of hydrogen-bond acceptors (Lipinski definition) is 1. The summed E-state index contributed by atoms with van der Waals surface area (Å²) < 4.78 is 7.60. The van der Waals surface area contributed by atoms with Crippen molar-refractivity contribution >= 4 is 75.1 Å². The average Bonchev–Trinajstić information content (AvgIpc) is 3.64. The highest BCUT2D eigenvalue weighted by Crippen LogP contribution is 2.47. The van der Waals surface area contributed by atoms with E-state index in [0.717, 1.165) is 0 Å². The van der Waals surface area contributed by atoms with Crippen LogP contribution in [0.4, 0.5) is 0 Å². The van der Waals surface area contributed by atoms with E-state index in [2.05, 4.69) is 143 Å². The molecule has 0 saturated carbocycles. The minimum Gasteiger partial charge on any atom is -0.308 e. The summed E-state index contributed by atoms with van der Waals surface area (Å²) in [5.41, 5.74) is 7.42. The minimum absolute atomic E-state index is 1.19. The van der Waals surface area contributed by atoms with Crippen molar-refractivity contribution in [1.29, 1.82) is 0 Å². The van der Waals surface area contributed by atoms with Gasteiger partial charge in [-0.25, -0.2) is 0 Å². The third-order valence-electron chi connectivity index (χ3n) is 8.08. The van der Waals surface area contributed by atoms with Gasteiger partial charge in [0, 0.05) is 37.6 Å². The first kappa shape index (κ1) is 21.1. The lowest BCUT2D eigenvalue weighted by molar-refractivity contribution is 1.18. The van der Waals surface area contributed by atoms with E-state index in [1.165, 1.54) is 75.2 Å². The van der Waals surface area contributed by atoms with Crippen molar-refractivity contribution < 1.29 is 0 Å². The van der Waals surface area contributed by atoms with Gasteiger partial charge in [-0.15, -0.1) is 11.3 Å². The molecule has 2 nitrogen and oxygen atoms in total. The predicted molar refractivity (Wildman–Crippen MR) is 168 cm³/mol. The highest BCUT2D eigenvalue weighted by atomic mass is 32.1. The van der Waals surface area contributed by atoms with E-state index in [0.29, 0.717) is 0 Å². The molecule has 0 aliphatic rings. The first-order valence-electron chi connectivity index (χ1n) is 13.3. The zero-order valence-corrected chi connectivity index (χ0v) is 21.8. The molecule has 3 heteroatoms. The molecule has 3 aromatic heterocycles. The van der Waals surface area contributed by atoms with Gasteiger partial charge in [0.2, 0.25) is 0 Å². The van der Waals surface area contributed by atoms with Crippen LogP contribution in [0.15, 0.2) is 133 Å². The zero-order valence-electron chi connectivity index (χ0n) is 21.0. The summed E-state index contributed by atoms with van der Waals surface area (Å²) in [6.45, 7) is 0.